The van der Waals surface area contributed by atoms with Gasteiger partial charge in [-0.25, -0.2) is 24.9 Å². The van der Waals surface area contributed by atoms with Crippen LogP contribution in [0.4, 0.5) is 11.8 Å². The Hall–Kier alpha value is -2.85. The maximum absolute atomic E-state index is 5.95. The maximum atomic E-state index is 5.95. The molecule has 0 atom stereocenters. The summed E-state index contributed by atoms with van der Waals surface area (Å²) < 4.78 is 13.5. The van der Waals surface area contributed by atoms with Crippen LogP contribution in [0, 0.1) is 5.41 Å². The Bertz CT molecular complexity index is 1110. The Balaban J connectivity index is 1.53. The fourth-order valence-electron chi connectivity index (χ4n) is 4.40. The summed E-state index contributed by atoms with van der Waals surface area (Å²) in [5.74, 6) is 2.52. The largest absolute Gasteiger partial charge is 0.380 e. The average Bonchev–Trinajstić information content (AvgIpc) is 3.00. The van der Waals surface area contributed by atoms with E-state index in [-0.39, 0.29) is 11.4 Å². The van der Waals surface area contributed by atoms with E-state index in [2.05, 4.69) is 19.4 Å². The van der Waals surface area contributed by atoms with Crippen LogP contribution in [-0.2, 0) is 21.6 Å². The molecule has 3 aromatic heterocycles. The minimum absolute atomic E-state index is 0.227. The second-order valence-corrected chi connectivity index (χ2v) is 8.67. The molecule has 6 rings (SSSR count). The van der Waals surface area contributed by atoms with Crippen molar-refractivity contribution in [3.8, 4) is 11.4 Å². The standard InChI is InChI=1S/C19H22N8O2/c1-18(2)16-23-12-14(26-7-19(8-26)9-28-10-19)24-13(11-5-21-17(20)22-6-11)25-15(12)27(16)3-4-29-18/h5-6H,3-4,7-10H2,1-2H3,(H2,20,21,22). The monoisotopic (exact) mass is 394 g/mol. The summed E-state index contributed by atoms with van der Waals surface area (Å²) in [7, 11) is 0. The van der Waals surface area contributed by atoms with Crippen LogP contribution in [0.15, 0.2) is 12.4 Å². The quantitative estimate of drug-likeness (QED) is 0.678. The molecule has 3 aliphatic rings. The molecule has 2 N–H and O–H groups in total. The lowest BCUT2D eigenvalue weighted by atomic mass is 9.78. The summed E-state index contributed by atoms with van der Waals surface area (Å²) in [6, 6.07) is 0. The number of hydrogen-bond donors (Lipinski definition) is 1. The second kappa shape index (κ2) is 5.61. The van der Waals surface area contributed by atoms with Crippen molar-refractivity contribution < 1.29 is 9.47 Å². The van der Waals surface area contributed by atoms with E-state index < -0.39 is 5.60 Å². The molecule has 3 aliphatic heterocycles. The van der Waals surface area contributed by atoms with Crippen LogP contribution < -0.4 is 10.6 Å². The van der Waals surface area contributed by atoms with Gasteiger partial charge in [-0.1, -0.05) is 0 Å². The molecule has 3 aromatic rings. The lowest BCUT2D eigenvalue weighted by molar-refractivity contribution is -0.127. The predicted octanol–water partition coefficient (Wildman–Crippen LogP) is 0.967. The third kappa shape index (κ3) is 2.45. The Labute approximate surface area is 167 Å². The summed E-state index contributed by atoms with van der Waals surface area (Å²) in [4.78, 5) is 25.1. The number of hydrogen-bond acceptors (Lipinski definition) is 9. The molecule has 10 nitrogen and oxygen atoms in total. The molecule has 0 saturated carbocycles. The molecular weight excluding hydrogens is 372 g/mol. The zero-order valence-electron chi connectivity index (χ0n) is 16.4. The van der Waals surface area contributed by atoms with Gasteiger partial charge in [-0.2, -0.15) is 0 Å². The van der Waals surface area contributed by atoms with E-state index in [9.17, 15) is 0 Å². The Kier molecular flexibility index (Phi) is 3.30. The van der Waals surface area contributed by atoms with E-state index in [0.29, 0.717) is 19.0 Å². The molecule has 0 bridgehead atoms. The topological polar surface area (TPSA) is 117 Å². The van der Waals surface area contributed by atoms with E-state index in [4.69, 9.17) is 30.2 Å². The van der Waals surface area contributed by atoms with E-state index in [1.54, 1.807) is 12.4 Å². The number of aromatic nitrogens is 6. The molecule has 0 amide bonds. The van der Waals surface area contributed by atoms with Gasteiger partial charge in [-0.15, -0.1) is 0 Å². The van der Waals surface area contributed by atoms with Crippen LogP contribution >= 0.6 is 0 Å². The van der Waals surface area contributed by atoms with Crippen LogP contribution in [0.25, 0.3) is 22.6 Å². The molecule has 0 radical (unpaired) electrons. The molecule has 150 valence electrons. The minimum atomic E-state index is -0.474. The Morgan fingerprint density at radius 3 is 2.52 bits per heavy atom. The summed E-state index contributed by atoms with van der Waals surface area (Å²) >= 11 is 0. The van der Waals surface area contributed by atoms with Crippen LogP contribution in [-0.4, -0.2) is 62.4 Å². The highest BCUT2D eigenvalue weighted by molar-refractivity contribution is 5.87. The van der Waals surface area contributed by atoms with Gasteiger partial charge in [0.05, 0.1) is 30.8 Å². The highest BCUT2D eigenvalue weighted by Crippen LogP contribution is 2.42. The minimum Gasteiger partial charge on any atom is -0.380 e. The first-order valence-electron chi connectivity index (χ1n) is 9.78. The lowest BCUT2D eigenvalue weighted by Crippen LogP contribution is -2.66. The Morgan fingerprint density at radius 1 is 1.07 bits per heavy atom. The second-order valence-electron chi connectivity index (χ2n) is 8.67. The highest BCUT2D eigenvalue weighted by atomic mass is 16.5. The molecule has 29 heavy (non-hydrogen) atoms. The van der Waals surface area contributed by atoms with Gasteiger partial charge in [-0.05, 0) is 13.8 Å². The summed E-state index contributed by atoms with van der Waals surface area (Å²) in [6.07, 6.45) is 3.32. The molecular formula is C19H22N8O2. The Morgan fingerprint density at radius 2 is 1.83 bits per heavy atom. The van der Waals surface area contributed by atoms with Crippen molar-refractivity contribution >= 4 is 22.9 Å². The SMILES string of the molecule is CC1(C)OCCn2c1nc1c(N3CC4(COC4)C3)nc(-c3cnc(N)nc3)nc12. The van der Waals surface area contributed by atoms with Gasteiger partial charge in [0.1, 0.15) is 11.4 Å². The zero-order valence-corrected chi connectivity index (χ0v) is 16.4. The fourth-order valence-corrected chi connectivity index (χ4v) is 4.40. The smallest absolute Gasteiger partial charge is 0.219 e. The van der Waals surface area contributed by atoms with Gasteiger partial charge in [0.15, 0.2) is 22.8 Å². The average molecular weight is 394 g/mol. The van der Waals surface area contributed by atoms with Crippen LogP contribution in [0.2, 0.25) is 0 Å². The molecule has 2 saturated heterocycles. The number of nitrogen functional groups attached to an aromatic ring is 1. The summed E-state index contributed by atoms with van der Waals surface area (Å²) in [6.45, 7) is 8.87. The molecule has 0 aromatic carbocycles. The number of fused-ring (bicyclic) bond motifs is 3. The first-order valence-corrected chi connectivity index (χ1v) is 9.78. The zero-order chi connectivity index (χ0) is 19.8. The van der Waals surface area contributed by atoms with Crippen LogP contribution in [0.3, 0.4) is 0 Å². The van der Waals surface area contributed by atoms with Crippen molar-refractivity contribution in [3.05, 3.63) is 18.2 Å². The van der Waals surface area contributed by atoms with E-state index in [1.807, 2.05) is 13.8 Å². The molecule has 6 heterocycles. The summed E-state index contributed by atoms with van der Waals surface area (Å²) in [5, 5.41) is 0. The number of imidazole rings is 1. The van der Waals surface area contributed by atoms with Gasteiger partial charge in [-0.3, -0.25) is 0 Å². The normalized spacial score (nSPS) is 21.7. The predicted molar refractivity (Wildman–Crippen MR) is 105 cm³/mol. The van der Waals surface area contributed by atoms with Gasteiger partial charge in [0.25, 0.3) is 0 Å². The highest BCUT2D eigenvalue weighted by Gasteiger charge is 2.50. The number of rotatable bonds is 2. The van der Waals surface area contributed by atoms with E-state index in [0.717, 1.165) is 54.7 Å². The summed E-state index contributed by atoms with van der Waals surface area (Å²) in [5.41, 5.74) is 7.80. The first-order chi connectivity index (χ1) is 13.9. The molecule has 1 spiro atoms. The molecule has 2 fully saturated rings. The van der Waals surface area contributed by atoms with E-state index >= 15 is 0 Å². The van der Waals surface area contributed by atoms with Crippen molar-refractivity contribution in [2.24, 2.45) is 5.41 Å². The molecule has 0 aliphatic carbocycles. The van der Waals surface area contributed by atoms with Crippen molar-refractivity contribution in [1.29, 1.82) is 0 Å². The van der Waals surface area contributed by atoms with Gasteiger partial charge in [0, 0.05) is 32.0 Å². The van der Waals surface area contributed by atoms with Crippen LogP contribution in [0.5, 0.6) is 0 Å². The maximum Gasteiger partial charge on any atom is 0.219 e. The fraction of sp³-hybridized carbons (Fsp3) is 0.526. The third-order valence-corrected chi connectivity index (χ3v) is 5.99. The molecule has 10 heteroatoms. The van der Waals surface area contributed by atoms with Crippen molar-refractivity contribution in [2.45, 2.75) is 26.0 Å². The molecule has 0 unspecified atom stereocenters. The van der Waals surface area contributed by atoms with Gasteiger partial charge >= 0.3 is 0 Å². The number of anilines is 2. The lowest BCUT2D eigenvalue weighted by Gasteiger charge is -2.55. The van der Waals surface area contributed by atoms with Crippen molar-refractivity contribution in [1.82, 2.24) is 29.5 Å². The van der Waals surface area contributed by atoms with Crippen molar-refractivity contribution in [2.75, 3.05) is 43.5 Å². The van der Waals surface area contributed by atoms with Gasteiger partial charge in [0.2, 0.25) is 5.95 Å². The van der Waals surface area contributed by atoms with Crippen molar-refractivity contribution in [3.63, 3.8) is 0 Å². The first kappa shape index (κ1) is 17.0. The van der Waals surface area contributed by atoms with Crippen LogP contribution in [0.1, 0.15) is 19.7 Å². The number of ether oxygens (including phenoxy) is 2. The van der Waals surface area contributed by atoms with Gasteiger partial charge < -0.3 is 24.7 Å². The number of nitrogens with zero attached hydrogens (tertiary/aromatic N) is 7. The third-order valence-electron chi connectivity index (χ3n) is 5.99. The van der Waals surface area contributed by atoms with E-state index in [1.165, 1.54) is 0 Å². The number of nitrogens with two attached hydrogens (primary N) is 1.